The van der Waals surface area contributed by atoms with Crippen LogP contribution in [0.4, 0.5) is 5.69 Å². The van der Waals surface area contributed by atoms with Crippen molar-refractivity contribution in [2.24, 2.45) is 0 Å². The number of halogens is 2. The highest BCUT2D eigenvalue weighted by Crippen LogP contribution is 2.35. The van der Waals surface area contributed by atoms with E-state index < -0.39 is 5.97 Å². The second kappa shape index (κ2) is 8.97. The number of hydrogen-bond donors (Lipinski definition) is 2. The van der Waals surface area contributed by atoms with Gasteiger partial charge in [0.1, 0.15) is 6.61 Å². The van der Waals surface area contributed by atoms with E-state index in [1.54, 1.807) is 12.1 Å². The van der Waals surface area contributed by atoms with Gasteiger partial charge in [-0.1, -0.05) is 29.3 Å². The third kappa shape index (κ3) is 5.83. The van der Waals surface area contributed by atoms with Gasteiger partial charge in [0, 0.05) is 18.7 Å². The van der Waals surface area contributed by atoms with Crippen molar-refractivity contribution >= 4 is 34.9 Å². The molecule has 0 atom stereocenters. The summed E-state index contributed by atoms with van der Waals surface area (Å²) in [6.07, 6.45) is 0.405. The van der Waals surface area contributed by atoms with E-state index in [1.807, 2.05) is 26.0 Å². The van der Waals surface area contributed by atoms with Crippen LogP contribution >= 0.6 is 23.2 Å². The summed E-state index contributed by atoms with van der Waals surface area (Å²) in [7, 11) is 0. The molecular weight excluding hydrogens is 361 g/mol. The van der Waals surface area contributed by atoms with E-state index in [-0.39, 0.29) is 6.42 Å². The number of nitrogens with one attached hydrogen (secondary N) is 1. The largest absolute Gasteiger partial charge is 0.486 e. The molecule has 0 aliphatic rings. The zero-order valence-electron chi connectivity index (χ0n) is 14.2. The second-order valence-electron chi connectivity index (χ2n) is 5.81. The van der Waals surface area contributed by atoms with Gasteiger partial charge in [0.25, 0.3) is 0 Å². The number of hydrogen-bond acceptors (Lipinski definition) is 3. The number of aryl methyl sites for hydroxylation is 2. The Bertz CT molecular complexity index is 739. The van der Waals surface area contributed by atoms with Crippen LogP contribution in [0, 0.1) is 6.92 Å². The molecular formula is C19H21Cl2NO3. The van der Waals surface area contributed by atoms with Crippen molar-refractivity contribution in [1.29, 1.82) is 0 Å². The molecule has 0 aliphatic carbocycles. The van der Waals surface area contributed by atoms with E-state index in [4.69, 9.17) is 33.0 Å². The van der Waals surface area contributed by atoms with Gasteiger partial charge in [-0.05, 0) is 61.2 Å². The van der Waals surface area contributed by atoms with E-state index in [0.29, 0.717) is 28.8 Å². The maximum absolute atomic E-state index is 10.7. The first-order valence-electron chi connectivity index (χ1n) is 8.06. The smallest absolute Gasteiger partial charge is 0.303 e. The van der Waals surface area contributed by atoms with E-state index in [1.165, 1.54) is 0 Å². The van der Waals surface area contributed by atoms with Gasteiger partial charge in [0.2, 0.25) is 0 Å². The average Bonchev–Trinajstić information content (AvgIpc) is 2.52. The van der Waals surface area contributed by atoms with E-state index >= 15 is 0 Å². The van der Waals surface area contributed by atoms with E-state index in [9.17, 15) is 4.79 Å². The lowest BCUT2D eigenvalue weighted by Gasteiger charge is -2.13. The normalized spacial score (nSPS) is 10.6. The van der Waals surface area contributed by atoms with Crippen molar-refractivity contribution in [2.75, 3.05) is 11.9 Å². The van der Waals surface area contributed by atoms with Gasteiger partial charge in [-0.2, -0.15) is 0 Å². The molecule has 0 saturated carbocycles. The Hall–Kier alpha value is -1.91. The number of aliphatic carboxylic acids is 1. The quantitative estimate of drug-likeness (QED) is 0.648. The summed E-state index contributed by atoms with van der Waals surface area (Å²) in [4.78, 5) is 10.7. The number of carboxylic acids is 1. The predicted octanol–water partition coefficient (Wildman–Crippen LogP) is 5.33. The molecule has 25 heavy (non-hydrogen) atoms. The zero-order valence-corrected chi connectivity index (χ0v) is 15.7. The molecule has 2 aromatic carbocycles. The lowest BCUT2D eigenvalue weighted by molar-refractivity contribution is -0.136. The zero-order chi connectivity index (χ0) is 18.4. The van der Waals surface area contributed by atoms with Crippen LogP contribution in [0.5, 0.6) is 5.75 Å². The summed E-state index contributed by atoms with van der Waals surface area (Å²) in [5.74, 6) is -0.447. The third-order valence-electron chi connectivity index (χ3n) is 3.59. The van der Waals surface area contributed by atoms with Crippen molar-refractivity contribution in [1.82, 2.24) is 0 Å². The average molecular weight is 382 g/mol. The molecule has 2 aromatic rings. The maximum atomic E-state index is 10.7. The minimum atomic E-state index is -0.858. The summed E-state index contributed by atoms with van der Waals surface area (Å²) in [5.41, 5.74) is 3.97. The van der Waals surface area contributed by atoms with E-state index in [2.05, 4.69) is 11.4 Å². The minimum Gasteiger partial charge on any atom is -0.486 e. The first-order chi connectivity index (χ1) is 11.9. The third-order valence-corrected chi connectivity index (χ3v) is 4.15. The molecule has 6 heteroatoms. The van der Waals surface area contributed by atoms with Crippen LogP contribution in [0.3, 0.4) is 0 Å². The topological polar surface area (TPSA) is 58.6 Å². The molecule has 0 radical (unpaired) electrons. The maximum Gasteiger partial charge on any atom is 0.303 e. The van der Waals surface area contributed by atoms with Crippen molar-refractivity contribution in [2.45, 2.75) is 33.3 Å². The molecule has 134 valence electrons. The van der Waals surface area contributed by atoms with Crippen molar-refractivity contribution in [3.05, 3.63) is 57.1 Å². The summed E-state index contributed by atoms with van der Waals surface area (Å²) >= 11 is 12.5. The molecule has 4 nitrogen and oxygen atoms in total. The molecule has 0 amide bonds. The molecule has 0 saturated heterocycles. The Morgan fingerprint density at radius 2 is 1.80 bits per heavy atom. The van der Waals surface area contributed by atoms with Crippen LogP contribution in [-0.4, -0.2) is 17.6 Å². The summed E-state index contributed by atoms with van der Waals surface area (Å²) in [6, 6.07) is 9.55. The fourth-order valence-corrected chi connectivity index (χ4v) is 3.19. The first-order valence-corrected chi connectivity index (χ1v) is 8.81. The molecule has 0 fully saturated rings. The predicted molar refractivity (Wildman–Crippen MR) is 102 cm³/mol. The fourth-order valence-electron chi connectivity index (χ4n) is 2.55. The molecule has 0 aromatic heterocycles. The number of carbonyl (C=O) groups is 1. The van der Waals surface area contributed by atoms with Crippen LogP contribution in [-0.2, 0) is 17.8 Å². The fraction of sp³-hybridized carbons (Fsp3) is 0.316. The van der Waals surface area contributed by atoms with Gasteiger partial charge in [-0.25, -0.2) is 0 Å². The SMILES string of the molecule is CCNc1cc(C)cc(COc2c(Cl)cc(CCC(=O)O)cc2Cl)c1. The van der Waals surface area contributed by atoms with Crippen molar-refractivity contribution < 1.29 is 14.6 Å². The van der Waals surface area contributed by atoms with Gasteiger partial charge < -0.3 is 15.2 Å². The Labute approximate surface area is 157 Å². The van der Waals surface area contributed by atoms with Crippen LogP contribution < -0.4 is 10.1 Å². The van der Waals surface area contributed by atoms with E-state index in [0.717, 1.165) is 28.9 Å². The van der Waals surface area contributed by atoms with Crippen LogP contribution in [0.2, 0.25) is 10.0 Å². The van der Waals surface area contributed by atoms with Crippen molar-refractivity contribution in [3.63, 3.8) is 0 Å². The van der Waals surface area contributed by atoms with Crippen LogP contribution in [0.1, 0.15) is 30.0 Å². The van der Waals surface area contributed by atoms with Crippen molar-refractivity contribution in [3.8, 4) is 5.75 Å². The van der Waals surface area contributed by atoms with Gasteiger partial charge in [-0.3, -0.25) is 4.79 Å². The Morgan fingerprint density at radius 3 is 2.40 bits per heavy atom. The number of ether oxygens (including phenoxy) is 1. The number of rotatable bonds is 8. The molecule has 2 N–H and O–H groups in total. The molecule has 2 rings (SSSR count). The highest BCUT2D eigenvalue weighted by molar-refractivity contribution is 6.37. The Morgan fingerprint density at radius 1 is 1.12 bits per heavy atom. The lowest BCUT2D eigenvalue weighted by Crippen LogP contribution is -2.02. The number of anilines is 1. The first kappa shape index (κ1) is 19.4. The molecule has 0 unspecified atom stereocenters. The summed E-state index contributed by atoms with van der Waals surface area (Å²) in [6.45, 7) is 5.26. The molecule has 0 bridgehead atoms. The molecule has 0 spiro atoms. The van der Waals surface area contributed by atoms with Crippen LogP contribution in [0.25, 0.3) is 0 Å². The molecule has 0 heterocycles. The summed E-state index contributed by atoms with van der Waals surface area (Å²) in [5, 5.41) is 12.8. The standard InChI is InChI=1S/C19H21Cl2NO3/c1-3-22-15-7-12(2)6-14(8-15)11-25-19-16(20)9-13(10-17(19)21)4-5-18(23)24/h6-10,22H,3-5,11H2,1-2H3,(H,23,24). The van der Waals surface area contributed by atoms with Gasteiger partial charge in [0.15, 0.2) is 5.75 Å². The lowest BCUT2D eigenvalue weighted by atomic mass is 10.1. The summed E-state index contributed by atoms with van der Waals surface area (Å²) < 4.78 is 5.81. The highest BCUT2D eigenvalue weighted by Gasteiger charge is 2.11. The van der Waals surface area contributed by atoms with Crippen LogP contribution in [0.15, 0.2) is 30.3 Å². The van der Waals surface area contributed by atoms with Gasteiger partial charge in [0.05, 0.1) is 10.0 Å². The van der Waals surface area contributed by atoms with Gasteiger partial charge >= 0.3 is 5.97 Å². The highest BCUT2D eigenvalue weighted by atomic mass is 35.5. The van der Waals surface area contributed by atoms with Gasteiger partial charge in [-0.15, -0.1) is 0 Å². The number of carboxylic acid groups (broad SMARTS) is 1. The monoisotopic (exact) mass is 381 g/mol. The number of benzene rings is 2. The molecule has 0 aliphatic heterocycles. The minimum absolute atomic E-state index is 0.0311. The Balaban J connectivity index is 2.11. The second-order valence-corrected chi connectivity index (χ2v) is 6.62. The Kier molecular flexibility index (Phi) is 6.97.